The lowest BCUT2D eigenvalue weighted by atomic mass is 9.83. The van der Waals surface area contributed by atoms with Crippen LogP contribution in [-0.2, 0) is 9.53 Å². The van der Waals surface area contributed by atoms with Gasteiger partial charge in [-0.3, -0.25) is 4.79 Å². The second-order valence-corrected chi connectivity index (χ2v) is 5.45. The van der Waals surface area contributed by atoms with Crippen LogP contribution in [0.4, 0.5) is 0 Å². The monoisotopic (exact) mass is 310 g/mol. The maximum Gasteiger partial charge on any atom is 0.334 e. The maximum absolute atomic E-state index is 12.9. The summed E-state index contributed by atoms with van der Waals surface area (Å²) in [5.41, 5.74) is 1.16. The molecule has 23 heavy (non-hydrogen) atoms. The smallest absolute Gasteiger partial charge is 0.334 e. The third-order valence-electron chi connectivity index (χ3n) is 4.09. The second-order valence-electron chi connectivity index (χ2n) is 5.45. The van der Waals surface area contributed by atoms with Crippen molar-refractivity contribution in [1.29, 1.82) is 0 Å². The summed E-state index contributed by atoms with van der Waals surface area (Å²) in [6, 6.07) is 12.7. The molecule has 0 N–H and O–H groups in total. The van der Waals surface area contributed by atoms with E-state index in [0.29, 0.717) is 29.9 Å². The van der Waals surface area contributed by atoms with E-state index in [-0.39, 0.29) is 17.7 Å². The molecule has 0 spiro atoms. The molecule has 0 amide bonds. The van der Waals surface area contributed by atoms with E-state index in [2.05, 4.69) is 0 Å². The van der Waals surface area contributed by atoms with Crippen LogP contribution in [0.25, 0.3) is 0 Å². The Kier molecular flexibility index (Phi) is 4.42. The number of ether oxygens (including phenoxy) is 1. The summed E-state index contributed by atoms with van der Waals surface area (Å²) in [6.45, 7) is 2.07. The number of furan rings is 1. The van der Waals surface area contributed by atoms with Gasteiger partial charge in [-0.1, -0.05) is 36.4 Å². The highest BCUT2D eigenvalue weighted by Gasteiger charge is 2.41. The van der Waals surface area contributed by atoms with Gasteiger partial charge in [-0.2, -0.15) is 0 Å². The Morgan fingerprint density at radius 2 is 1.96 bits per heavy atom. The predicted octanol–water partition coefficient (Wildman–Crippen LogP) is 3.76. The van der Waals surface area contributed by atoms with E-state index in [1.54, 1.807) is 43.5 Å². The number of hydrogen-bond donors (Lipinski definition) is 0. The Hall–Kier alpha value is -2.62. The van der Waals surface area contributed by atoms with Gasteiger partial charge in [-0.05, 0) is 25.5 Å². The number of ketones is 1. The van der Waals surface area contributed by atoms with Crippen molar-refractivity contribution in [2.75, 3.05) is 6.61 Å². The molecule has 0 aliphatic heterocycles. The van der Waals surface area contributed by atoms with Crippen molar-refractivity contribution >= 4 is 11.8 Å². The van der Waals surface area contributed by atoms with E-state index >= 15 is 0 Å². The number of rotatable bonds is 5. The molecule has 4 nitrogen and oxygen atoms in total. The lowest BCUT2D eigenvalue weighted by Gasteiger charge is -2.19. The number of carbonyl (C=O) groups is 2. The van der Waals surface area contributed by atoms with Gasteiger partial charge in [0, 0.05) is 17.1 Å². The van der Waals surface area contributed by atoms with Gasteiger partial charge in [0.2, 0.25) is 0 Å². The summed E-state index contributed by atoms with van der Waals surface area (Å²) in [4.78, 5) is 25.1. The van der Waals surface area contributed by atoms with Crippen molar-refractivity contribution < 1.29 is 18.7 Å². The Labute approximate surface area is 134 Å². The van der Waals surface area contributed by atoms with Crippen LogP contribution in [0.5, 0.6) is 0 Å². The molecule has 2 atom stereocenters. The molecule has 1 heterocycles. The predicted molar refractivity (Wildman–Crippen MR) is 85.0 cm³/mol. The summed E-state index contributed by atoms with van der Waals surface area (Å²) >= 11 is 0. The van der Waals surface area contributed by atoms with E-state index in [9.17, 15) is 9.59 Å². The first-order valence-corrected chi connectivity index (χ1v) is 7.72. The van der Waals surface area contributed by atoms with Crippen molar-refractivity contribution in [2.45, 2.75) is 19.3 Å². The Balaban J connectivity index is 1.92. The molecule has 0 fully saturated rings. The molecule has 0 saturated carbocycles. The van der Waals surface area contributed by atoms with Crippen LogP contribution in [0, 0.1) is 5.92 Å². The van der Waals surface area contributed by atoms with E-state index in [0.717, 1.165) is 0 Å². The molecule has 0 bridgehead atoms. The van der Waals surface area contributed by atoms with E-state index in [4.69, 9.17) is 9.15 Å². The fraction of sp³-hybridized carbons (Fsp3) is 0.263. The normalized spacial score (nSPS) is 20.1. The summed E-state index contributed by atoms with van der Waals surface area (Å²) < 4.78 is 10.6. The molecular formula is C19H18O4. The molecule has 1 aromatic carbocycles. The van der Waals surface area contributed by atoms with Gasteiger partial charge in [0.25, 0.3) is 0 Å². The summed E-state index contributed by atoms with van der Waals surface area (Å²) in [5, 5.41) is 0. The number of esters is 1. The zero-order valence-electron chi connectivity index (χ0n) is 12.9. The van der Waals surface area contributed by atoms with Crippen LogP contribution < -0.4 is 0 Å². The number of Topliss-reactive ketones (excluding diaryl/α,β-unsaturated/α-hetero) is 1. The van der Waals surface area contributed by atoms with E-state index in [1.165, 1.54) is 0 Å². The van der Waals surface area contributed by atoms with Crippen molar-refractivity contribution in [2.24, 2.45) is 5.92 Å². The van der Waals surface area contributed by atoms with Crippen LogP contribution >= 0.6 is 0 Å². The molecule has 118 valence electrons. The lowest BCUT2D eigenvalue weighted by Crippen LogP contribution is -2.22. The van der Waals surface area contributed by atoms with E-state index in [1.807, 2.05) is 18.2 Å². The SMILES string of the molecule is CCOC(=O)C1=CCC(C(=O)c2ccccc2)C1c1ccco1. The zero-order valence-corrected chi connectivity index (χ0v) is 12.9. The number of hydrogen-bond acceptors (Lipinski definition) is 4. The number of benzene rings is 1. The summed E-state index contributed by atoms with van der Waals surface area (Å²) in [5.74, 6) is -0.476. The minimum Gasteiger partial charge on any atom is -0.469 e. The molecule has 1 aliphatic rings. The Morgan fingerprint density at radius 3 is 2.61 bits per heavy atom. The standard InChI is InChI=1S/C19H18O4/c1-2-22-19(21)15-11-10-14(17(15)16-9-6-12-23-16)18(20)13-7-4-3-5-8-13/h3-9,11-12,14,17H,2,10H2,1H3. The van der Waals surface area contributed by atoms with Crippen molar-refractivity contribution in [3.05, 3.63) is 71.7 Å². The second kappa shape index (κ2) is 6.65. The molecule has 1 aromatic heterocycles. The Morgan fingerprint density at radius 1 is 1.17 bits per heavy atom. The number of allylic oxidation sites excluding steroid dienone is 1. The summed E-state index contributed by atoms with van der Waals surface area (Å²) in [7, 11) is 0. The third-order valence-corrected chi connectivity index (χ3v) is 4.09. The summed E-state index contributed by atoms with van der Waals surface area (Å²) in [6.07, 6.45) is 3.87. The average Bonchev–Trinajstić information content (AvgIpc) is 3.24. The maximum atomic E-state index is 12.9. The van der Waals surface area contributed by atoms with Crippen LogP contribution in [0.1, 0.15) is 35.4 Å². The first-order chi connectivity index (χ1) is 11.2. The zero-order chi connectivity index (χ0) is 16.2. The van der Waals surface area contributed by atoms with Gasteiger partial charge in [-0.15, -0.1) is 0 Å². The van der Waals surface area contributed by atoms with Crippen LogP contribution in [-0.4, -0.2) is 18.4 Å². The quantitative estimate of drug-likeness (QED) is 0.623. The van der Waals surface area contributed by atoms with Gasteiger partial charge in [0.05, 0.1) is 18.8 Å². The molecular weight excluding hydrogens is 292 g/mol. The van der Waals surface area contributed by atoms with Crippen molar-refractivity contribution in [3.8, 4) is 0 Å². The van der Waals surface area contributed by atoms with Gasteiger partial charge < -0.3 is 9.15 Å². The van der Waals surface area contributed by atoms with Gasteiger partial charge in [0.15, 0.2) is 5.78 Å². The van der Waals surface area contributed by atoms with Crippen molar-refractivity contribution in [3.63, 3.8) is 0 Å². The minimum absolute atomic E-state index is 0.0162. The highest BCUT2D eigenvalue weighted by atomic mass is 16.5. The highest BCUT2D eigenvalue weighted by molar-refractivity contribution is 6.01. The minimum atomic E-state index is -0.392. The molecule has 3 rings (SSSR count). The van der Waals surface area contributed by atoms with Gasteiger partial charge in [-0.25, -0.2) is 4.79 Å². The molecule has 1 aliphatic carbocycles. The van der Waals surface area contributed by atoms with Crippen LogP contribution in [0.2, 0.25) is 0 Å². The first-order valence-electron chi connectivity index (χ1n) is 7.72. The lowest BCUT2D eigenvalue weighted by molar-refractivity contribution is -0.138. The third kappa shape index (κ3) is 2.97. The van der Waals surface area contributed by atoms with Crippen LogP contribution in [0.3, 0.4) is 0 Å². The fourth-order valence-corrected chi connectivity index (χ4v) is 3.05. The van der Waals surface area contributed by atoms with E-state index < -0.39 is 5.92 Å². The highest BCUT2D eigenvalue weighted by Crippen LogP contribution is 2.42. The molecule has 0 saturated heterocycles. The molecule has 0 radical (unpaired) electrons. The largest absolute Gasteiger partial charge is 0.469 e. The molecule has 4 heteroatoms. The molecule has 2 unspecified atom stereocenters. The first kappa shape index (κ1) is 15.3. The topological polar surface area (TPSA) is 56.5 Å². The van der Waals surface area contributed by atoms with Gasteiger partial charge >= 0.3 is 5.97 Å². The number of carbonyl (C=O) groups excluding carboxylic acids is 2. The molecule has 2 aromatic rings. The van der Waals surface area contributed by atoms with Crippen LogP contribution in [0.15, 0.2) is 64.8 Å². The Bertz CT molecular complexity index is 713. The average molecular weight is 310 g/mol. The van der Waals surface area contributed by atoms with Crippen molar-refractivity contribution in [1.82, 2.24) is 0 Å². The van der Waals surface area contributed by atoms with Gasteiger partial charge in [0.1, 0.15) is 5.76 Å². The fourth-order valence-electron chi connectivity index (χ4n) is 3.05.